The number of benzene rings is 1. The molecule has 4 heteroatoms. The fourth-order valence-corrected chi connectivity index (χ4v) is 1.99. The first kappa shape index (κ1) is 13.6. The second-order valence-corrected chi connectivity index (χ2v) is 4.58. The Hall–Kier alpha value is -1.78. The molecule has 0 aliphatic heterocycles. The van der Waals surface area contributed by atoms with E-state index < -0.39 is 6.10 Å². The smallest absolute Gasteiger partial charge is 0.128 e. The minimum atomic E-state index is -0.532. The highest BCUT2D eigenvalue weighted by molar-refractivity contribution is 5.86. The summed E-state index contributed by atoms with van der Waals surface area (Å²) < 4.78 is 5.69. The molecule has 1 aromatic carbocycles. The maximum absolute atomic E-state index is 9.78. The van der Waals surface area contributed by atoms with Crippen LogP contribution >= 0.6 is 0 Å². The number of aromatic nitrogens is 1. The van der Waals surface area contributed by atoms with Crippen LogP contribution < -0.4 is 10.1 Å². The van der Waals surface area contributed by atoms with Gasteiger partial charge in [-0.25, -0.2) is 0 Å². The van der Waals surface area contributed by atoms with Crippen molar-refractivity contribution < 1.29 is 9.84 Å². The Kier molecular flexibility index (Phi) is 4.60. The maximum atomic E-state index is 9.78. The highest BCUT2D eigenvalue weighted by atomic mass is 16.5. The average molecular weight is 260 g/mol. The minimum Gasteiger partial charge on any atom is -0.490 e. The zero-order chi connectivity index (χ0) is 13.7. The molecule has 1 aromatic heterocycles. The number of aliphatic hydroxyl groups is 1. The van der Waals surface area contributed by atoms with E-state index >= 15 is 0 Å². The second kappa shape index (κ2) is 6.41. The molecule has 0 aliphatic carbocycles. The molecular formula is C15H20N2O2. The van der Waals surface area contributed by atoms with Gasteiger partial charge in [-0.05, 0) is 25.1 Å². The lowest BCUT2D eigenvalue weighted by molar-refractivity contribution is 0.108. The van der Waals surface area contributed by atoms with E-state index in [4.69, 9.17) is 4.74 Å². The van der Waals surface area contributed by atoms with Crippen LogP contribution in [0.25, 0.3) is 10.9 Å². The third-order valence-electron chi connectivity index (χ3n) is 2.86. The van der Waals surface area contributed by atoms with Crippen LogP contribution in [-0.4, -0.2) is 35.9 Å². The number of hydrogen-bond acceptors (Lipinski definition) is 3. The monoisotopic (exact) mass is 260 g/mol. The SMILES string of the molecule is C=CCNCC(O)COc1cccc2[nH]c(C)cc12. The van der Waals surface area contributed by atoms with Gasteiger partial charge in [0.15, 0.2) is 0 Å². The molecule has 4 nitrogen and oxygen atoms in total. The lowest BCUT2D eigenvalue weighted by Crippen LogP contribution is -2.31. The zero-order valence-corrected chi connectivity index (χ0v) is 11.1. The molecule has 0 radical (unpaired) electrons. The van der Waals surface area contributed by atoms with Gasteiger partial charge in [0.2, 0.25) is 0 Å². The summed E-state index contributed by atoms with van der Waals surface area (Å²) in [4.78, 5) is 3.26. The summed E-state index contributed by atoms with van der Waals surface area (Å²) in [6.07, 6.45) is 1.23. The van der Waals surface area contributed by atoms with Crippen LogP contribution in [0.5, 0.6) is 5.75 Å². The van der Waals surface area contributed by atoms with Crippen LogP contribution in [0.15, 0.2) is 36.9 Å². The van der Waals surface area contributed by atoms with Crippen molar-refractivity contribution in [2.45, 2.75) is 13.0 Å². The van der Waals surface area contributed by atoms with Crippen LogP contribution in [0.1, 0.15) is 5.69 Å². The molecule has 1 unspecified atom stereocenters. The largest absolute Gasteiger partial charge is 0.490 e. The number of aliphatic hydroxyl groups excluding tert-OH is 1. The summed E-state index contributed by atoms with van der Waals surface area (Å²) in [6, 6.07) is 7.92. The van der Waals surface area contributed by atoms with Crippen molar-refractivity contribution >= 4 is 10.9 Å². The first-order valence-corrected chi connectivity index (χ1v) is 6.41. The molecule has 2 rings (SSSR count). The molecule has 0 fully saturated rings. The van der Waals surface area contributed by atoms with Gasteiger partial charge in [0.1, 0.15) is 18.5 Å². The van der Waals surface area contributed by atoms with Gasteiger partial charge in [0.25, 0.3) is 0 Å². The van der Waals surface area contributed by atoms with E-state index in [0.29, 0.717) is 13.1 Å². The number of aromatic amines is 1. The Balaban J connectivity index is 1.95. The molecular weight excluding hydrogens is 240 g/mol. The Morgan fingerprint density at radius 1 is 1.53 bits per heavy atom. The highest BCUT2D eigenvalue weighted by Gasteiger charge is 2.08. The Morgan fingerprint density at radius 2 is 2.37 bits per heavy atom. The van der Waals surface area contributed by atoms with Crippen LogP contribution in [0.2, 0.25) is 0 Å². The van der Waals surface area contributed by atoms with Crippen molar-refractivity contribution in [3.8, 4) is 5.75 Å². The molecule has 1 heterocycles. The fourth-order valence-electron chi connectivity index (χ4n) is 1.99. The van der Waals surface area contributed by atoms with E-state index in [-0.39, 0.29) is 6.61 Å². The summed E-state index contributed by atoms with van der Waals surface area (Å²) in [5, 5.41) is 13.9. The summed E-state index contributed by atoms with van der Waals surface area (Å²) in [5.41, 5.74) is 2.15. The summed E-state index contributed by atoms with van der Waals surface area (Å²) in [7, 11) is 0. The molecule has 0 bridgehead atoms. The van der Waals surface area contributed by atoms with Crippen molar-refractivity contribution in [3.05, 3.63) is 42.6 Å². The maximum Gasteiger partial charge on any atom is 0.128 e. The van der Waals surface area contributed by atoms with Crippen LogP contribution in [0.4, 0.5) is 0 Å². The van der Waals surface area contributed by atoms with Gasteiger partial charge in [-0.15, -0.1) is 6.58 Å². The molecule has 0 saturated heterocycles. The van der Waals surface area contributed by atoms with Gasteiger partial charge >= 0.3 is 0 Å². The third-order valence-corrected chi connectivity index (χ3v) is 2.86. The van der Waals surface area contributed by atoms with Crippen molar-refractivity contribution in [2.75, 3.05) is 19.7 Å². The first-order valence-electron chi connectivity index (χ1n) is 6.41. The average Bonchev–Trinajstić information content (AvgIpc) is 2.77. The summed E-state index contributed by atoms with van der Waals surface area (Å²) in [6.45, 7) is 7.07. The quantitative estimate of drug-likeness (QED) is 0.527. The topological polar surface area (TPSA) is 57.3 Å². The van der Waals surface area contributed by atoms with Gasteiger partial charge < -0.3 is 20.1 Å². The molecule has 2 aromatic rings. The Morgan fingerprint density at radius 3 is 3.16 bits per heavy atom. The minimum absolute atomic E-state index is 0.271. The Bertz CT molecular complexity index is 548. The predicted molar refractivity (Wildman–Crippen MR) is 77.6 cm³/mol. The van der Waals surface area contributed by atoms with E-state index in [9.17, 15) is 5.11 Å². The Labute approximate surface area is 113 Å². The number of H-pyrrole nitrogens is 1. The molecule has 1 atom stereocenters. The van der Waals surface area contributed by atoms with Gasteiger partial charge in [-0.1, -0.05) is 12.1 Å². The summed E-state index contributed by atoms with van der Waals surface area (Å²) >= 11 is 0. The van der Waals surface area contributed by atoms with E-state index in [2.05, 4.69) is 16.9 Å². The molecule has 102 valence electrons. The first-order chi connectivity index (χ1) is 9.20. The molecule has 0 spiro atoms. The third kappa shape index (κ3) is 3.59. The van der Waals surface area contributed by atoms with Crippen LogP contribution in [0.3, 0.4) is 0 Å². The molecule has 3 N–H and O–H groups in total. The number of rotatable bonds is 7. The number of hydrogen-bond donors (Lipinski definition) is 3. The number of nitrogens with one attached hydrogen (secondary N) is 2. The van der Waals surface area contributed by atoms with E-state index in [1.165, 1.54) is 0 Å². The van der Waals surface area contributed by atoms with E-state index in [1.54, 1.807) is 6.08 Å². The predicted octanol–water partition coefficient (Wildman–Crippen LogP) is 1.99. The van der Waals surface area contributed by atoms with Crippen molar-refractivity contribution in [3.63, 3.8) is 0 Å². The second-order valence-electron chi connectivity index (χ2n) is 4.58. The van der Waals surface area contributed by atoms with E-state index in [0.717, 1.165) is 22.3 Å². The lowest BCUT2D eigenvalue weighted by Gasteiger charge is -2.13. The van der Waals surface area contributed by atoms with E-state index in [1.807, 2.05) is 31.2 Å². The molecule has 19 heavy (non-hydrogen) atoms. The molecule has 0 aliphatic rings. The molecule has 0 amide bonds. The fraction of sp³-hybridized carbons (Fsp3) is 0.333. The lowest BCUT2D eigenvalue weighted by atomic mass is 10.2. The van der Waals surface area contributed by atoms with Gasteiger partial charge in [-0.2, -0.15) is 0 Å². The zero-order valence-electron chi connectivity index (χ0n) is 11.1. The van der Waals surface area contributed by atoms with Crippen LogP contribution in [0, 0.1) is 6.92 Å². The van der Waals surface area contributed by atoms with Gasteiger partial charge in [0, 0.05) is 29.7 Å². The summed E-state index contributed by atoms with van der Waals surface area (Å²) in [5.74, 6) is 0.796. The van der Waals surface area contributed by atoms with Crippen molar-refractivity contribution in [1.29, 1.82) is 0 Å². The van der Waals surface area contributed by atoms with Crippen LogP contribution in [-0.2, 0) is 0 Å². The number of ether oxygens (including phenoxy) is 1. The number of aryl methyl sites for hydroxylation is 1. The standard InChI is InChI=1S/C15H20N2O2/c1-3-7-16-9-12(18)10-19-15-6-4-5-14-13(15)8-11(2)17-14/h3-6,8,12,16-18H,1,7,9-10H2,2H3. The number of fused-ring (bicyclic) bond motifs is 1. The van der Waals surface area contributed by atoms with Crippen molar-refractivity contribution in [1.82, 2.24) is 10.3 Å². The normalized spacial score (nSPS) is 12.5. The van der Waals surface area contributed by atoms with Gasteiger partial charge in [0.05, 0.1) is 0 Å². The molecule has 0 saturated carbocycles. The van der Waals surface area contributed by atoms with Gasteiger partial charge in [-0.3, -0.25) is 0 Å². The van der Waals surface area contributed by atoms with Crippen molar-refractivity contribution in [2.24, 2.45) is 0 Å². The highest BCUT2D eigenvalue weighted by Crippen LogP contribution is 2.26.